The monoisotopic (exact) mass is 317 g/mol. The zero-order chi connectivity index (χ0) is 15.5. The van der Waals surface area contributed by atoms with Gasteiger partial charge in [0.15, 0.2) is 12.4 Å². The molecule has 0 aliphatic heterocycles. The van der Waals surface area contributed by atoms with E-state index in [1.807, 2.05) is 0 Å². The fourth-order valence-electron chi connectivity index (χ4n) is 1.98. The van der Waals surface area contributed by atoms with Crippen molar-refractivity contribution >= 4 is 17.6 Å². The van der Waals surface area contributed by atoms with Crippen LogP contribution in [0.1, 0.15) is 21.8 Å². The normalized spacial score (nSPS) is 10.6. The Morgan fingerprint density at radius 3 is 2.82 bits per heavy atom. The van der Waals surface area contributed by atoms with Gasteiger partial charge in [-0.15, -0.1) is 0 Å². The van der Waals surface area contributed by atoms with Gasteiger partial charge in [-0.05, 0) is 19.1 Å². The van der Waals surface area contributed by atoms with Gasteiger partial charge >= 0.3 is 5.97 Å². The average Bonchev–Trinajstić information content (AvgIpc) is 3.14. The number of carbonyl (C=O) groups is 1. The Kier molecular flexibility index (Phi) is 3.93. The van der Waals surface area contributed by atoms with Gasteiger partial charge in [0.05, 0.1) is 17.6 Å². The Labute approximate surface area is 131 Å². The summed E-state index contributed by atoms with van der Waals surface area (Å²) in [5.41, 5.74) is 2.45. The van der Waals surface area contributed by atoms with E-state index in [9.17, 15) is 4.79 Å². The van der Waals surface area contributed by atoms with Crippen LogP contribution in [-0.4, -0.2) is 21.3 Å². The summed E-state index contributed by atoms with van der Waals surface area (Å²) >= 11 is 5.86. The van der Waals surface area contributed by atoms with E-state index in [1.165, 1.54) is 6.20 Å². The highest BCUT2D eigenvalue weighted by Crippen LogP contribution is 2.23. The van der Waals surface area contributed by atoms with Crippen LogP contribution in [-0.2, 0) is 11.3 Å². The Morgan fingerprint density at radius 1 is 1.36 bits per heavy atom. The minimum atomic E-state index is -0.493. The highest BCUT2D eigenvalue weighted by Gasteiger charge is 2.17. The lowest BCUT2D eigenvalue weighted by molar-refractivity contribution is 0.0438. The second-order valence-electron chi connectivity index (χ2n) is 4.68. The molecule has 1 N–H and O–H groups in total. The molecule has 22 heavy (non-hydrogen) atoms. The summed E-state index contributed by atoms with van der Waals surface area (Å²) in [6, 6.07) is 8.79. The highest BCUT2D eigenvalue weighted by molar-refractivity contribution is 6.30. The predicted molar refractivity (Wildman–Crippen MR) is 79.4 cm³/mol. The molecule has 6 nitrogen and oxygen atoms in total. The number of esters is 1. The molecule has 0 saturated carbocycles. The fraction of sp³-hybridized carbons (Fsp3) is 0.133. The van der Waals surface area contributed by atoms with Crippen LogP contribution < -0.4 is 0 Å². The summed E-state index contributed by atoms with van der Waals surface area (Å²) in [5.74, 6) is -0.00450. The van der Waals surface area contributed by atoms with Crippen LogP contribution in [0.3, 0.4) is 0 Å². The van der Waals surface area contributed by atoms with Crippen molar-refractivity contribution in [2.45, 2.75) is 13.5 Å². The molecule has 7 heteroatoms. The maximum absolute atomic E-state index is 12.2. The SMILES string of the molecule is Cc1cc(COC(=O)c2cn[nH]c2-c2ccc(Cl)cc2)on1. The second-order valence-corrected chi connectivity index (χ2v) is 5.11. The minimum Gasteiger partial charge on any atom is -0.454 e. The number of ether oxygens (including phenoxy) is 1. The summed E-state index contributed by atoms with van der Waals surface area (Å²) < 4.78 is 10.2. The van der Waals surface area contributed by atoms with Crippen LogP contribution in [0.15, 0.2) is 41.1 Å². The number of benzene rings is 1. The Morgan fingerprint density at radius 2 is 2.14 bits per heavy atom. The molecule has 0 atom stereocenters. The number of carbonyl (C=O) groups excluding carboxylic acids is 1. The first-order valence-corrected chi connectivity index (χ1v) is 6.90. The van der Waals surface area contributed by atoms with Crippen molar-refractivity contribution in [3.05, 3.63) is 58.6 Å². The molecule has 1 aromatic carbocycles. The number of halogens is 1. The summed E-state index contributed by atoms with van der Waals surface area (Å²) in [7, 11) is 0. The topological polar surface area (TPSA) is 81.0 Å². The summed E-state index contributed by atoms with van der Waals surface area (Å²) in [6.07, 6.45) is 1.43. The molecular formula is C15H12ClN3O3. The molecule has 2 heterocycles. The zero-order valence-electron chi connectivity index (χ0n) is 11.7. The molecule has 0 saturated heterocycles. The number of hydrogen-bond donors (Lipinski definition) is 1. The highest BCUT2D eigenvalue weighted by atomic mass is 35.5. The molecule has 3 aromatic rings. The molecule has 0 fully saturated rings. The van der Waals surface area contributed by atoms with Gasteiger partial charge in [0.25, 0.3) is 0 Å². The molecule has 0 spiro atoms. The van der Waals surface area contributed by atoms with Gasteiger partial charge in [-0.3, -0.25) is 5.10 Å². The molecule has 3 rings (SSSR count). The average molecular weight is 318 g/mol. The van der Waals surface area contributed by atoms with E-state index in [4.69, 9.17) is 20.9 Å². The van der Waals surface area contributed by atoms with E-state index in [0.717, 1.165) is 11.3 Å². The van der Waals surface area contributed by atoms with E-state index in [0.29, 0.717) is 22.0 Å². The maximum atomic E-state index is 12.2. The van der Waals surface area contributed by atoms with E-state index in [1.54, 1.807) is 37.3 Å². The van der Waals surface area contributed by atoms with Crippen LogP contribution in [0.4, 0.5) is 0 Å². The van der Waals surface area contributed by atoms with Crippen LogP contribution in [0.5, 0.6) is 0 Å². The van der Waals surface area contributed by atoms with Gasteiger partial charge < -0.3 is 9.26 Å². The molecule has 0 aliphatic rings. The van der Waals surface area contributed by atoms with Crippen LogP contribution in [0.2, 0.25) is 5.02 Å². The van der Waals surface area contributed by atoms with Gasteiger partial charge in [0, 0.05) is 16.7 Å². The predicted octanol–water partition coefficient (Wildman–Crippen LogP) is 3.38. The van der Waals surface area contributed by atoms with E-state index < -0.39 is 5.97 Å². The number of H-pyrrole nitrogens is 1. The first kappa shape index (κ1) is 14.3. The molecule has 2 aromatic heterocycles. The van der Waals surface area contributed by atoms with E-state index in [-0.39, 0.29) is 6.61 Å². The van der Waals surface area contributed by atoms with Crippen molar-refractivity contribution in [1.82, 2.24) is 15.4 Å². The molecular weight excluding hydrogens is 306 g/mol. The zero-order valence-corrected chi connectivity index (χ0v) is 12.4. The third-order valence-corrected chi connectivity index (χ3v) is 3.27. The van der Waals surface area contributed by atoms with Crippen LogP contribution in [0, 0.1) is 6.92 Å². The summed E-state index contributed by atoms with van der Waals surface area (Å²) in [4.78, 5) is 12.2. The first-order valence-electron chi connectivity index (χ1n) is 6.52. The van der Waals surface area contributed by atoms with Crippen molar-refractivity contribution in [1.29, 1.82) is 0 Å². The number of aryl methyl sites for hydroxylation is 1. The van der Waals surface area contributed by atoms with Crippen molar-refractivity contribution < 1.29 is 14.1 Å². The Hall–Kier alpha value is -2.60. The van der Waals surface area contributed by atoms with Crippen molar-refractivity contribution in [2.75, 3.05) is 0 Å². The van der Waals surface area contributed by atoms with Gasteiger partial charge in [-0.1, -0.05) is 28.9 Å². The number of nitrogens with zero attached hydrogens (tertiary/aromatic N) is 2. The number of aromatic nitrogens is 3. The largest absolute Gasteiger partial charge is 0.454 e. The molecule has 0 amide bonds. The van der Waals surface area contributed by atoms with E-state index in [2.05, 4.69) is 15.4 Å². The molecule has 0 unspecified atom stereocenters. The number of nitrogens with one attached hydrogen (secondary N) is 1. The fourth-order valence-corrected chi connectivity index (χ4v) is 2.10. The molecule has 0 radical (unpaired) electrons. The lowest BCUT2D eigenvalue weighted by Crippen LogP contribution is -2.05. The second kappa shape index (κ2) is 6.03. The number of aromatic amines is 1. The Balaban J connectivity index is 1.76. The number of rotatable bonds is 4. The lowest BCUT2D eigenvalue weighted by Gasteiger charge is -2.04. The van der Waals surface area contributed by atoms with E-state index >= 15 is 0 Å². The molecule has 0 aliphatic carbocycles. The smallest absolute Gasteiger partial charge is 0.342 e. The van der Waals surface area contributed by atoms with Gasteiger partial charge in [0.2, 0.25) is 0 Å². The van der Waals surface area contributed by atoms with Crippen molar-refractivity contribution in [2.24, 2.45) is 0 Å². The lowest BCUT2D eigenvalue weighted by atomic mass is 10.1. The minimum absolute atomic E-state index is 0.0188. The molecule has 112 valence electrons. The van der Waals surface area contributed by atoms with Gasteiger partial charge in [0.1, 0.15) is 5.56 Å². The number of hydrogen-bond acceptors (Lipinski definition) is 5. The maximum Gasteiger partial charge on any atom is 0.342 e. The van der Waals surface area contributed by atoms with Crippen molar-refractivity contribution in [3.8, 4) is 11.3 Å². The standard InChI is InChI=1S/C15H12ClN3O3/c1-9-6-12(22-19-9)8-21-15(20)13-7-17-18-14(13)10-2-4-11(16)5-3-10/h2-7H,8H2,1H3,(H,17,18). The third kappa shape index (κ3) is 3.01. The quantitative estimate of drug-likeness (QED) is 0.746. The van der Waals surface area contributed by atoms with Crippen LogP contribution in [0.25, 0.3) is 11.3 Å². The Bertz CT molecular complexity index is 792. The third-order valence-electron chi connectivity index (χ3n) is 3.01. The van der Waals surface area contributed by atoms with Gasteiger partial charge in [-0.25, -0.2) is 4.79 Å². The summed E-state index contributed by atoms with van der Waals surface area (Å²) in [5, 5.41) is 11.1. The first-order chi connectivity index (χ1) is 10.6. The molecule has 0 bridgehead atoms. The summed E-state index contributed by atoms with van der Waals surface area (Å²) in [6.45, 7) is 1.81. The van der Waals surface area contributed by atoms with Crippen LogP contribution >= 0.6 is 11.6 Å². The van der Waals surface area contributed by atoms with Gasteiger partial charge in [-0.2, -0.15) is 5.10 Å². The van der Waals surface area contributed by atoms with Crippen molar-refractivity contribution in [3.63, 3.8) is 0 Å².